The summed E-state index contributed by atoms with van der Waals surface area (Å²) < 4.78 is 0. The van der Waals surface area contributed by atoms with Crippen LogP contribution in [0.5, 0.6) is 0 Å². The largest absolute Gasteiger partial charge is 0.367 e. The van der Waals surface area contributed by atoms with Gasteiger partial charge in [-0.05, 0) is 56.4 Å². The number of amidine groups is 2. The molecule has 7 heteroatoms. The number of nitrogens with zero attached hydrogens (tertiary/aromatic N) is 2. The van der Waals surface area contributed by atoms with Crippen molar-refractivity contribution in [3.63, 3.8) is 0 Å². The van der Waals surface area contributed by atoms with E-state index < -0.39 is 6.23 Å². The molecule has 1 unspecified atom stereocenters. The molecule has 3 aliphatic carbocycles. The number of H-pyrrole nitrogens is 1. The third-order valence-electron chi connectivity index (χ3n) is 6.19. The molecule has 0 bridgehead atoms. The summed E-state index contributed by atoms with van der Waals surface area (Å²) in [6.45, 7) is 0.678. The fourth-order valence-electron chi connectivity index (χ4n) is 4.21. The normalized spacial score (nSPS) is 27.2. The number of aliphatic hydroxyl groups excluding tert-OH is 1. The number of nitrogens with one attached hydrogen (secondary N) is 3. The van der Waals surface area contributed by atoms with E-state index in [0.29, 0.717) is 35.7 Å². The lowest BCUT2D eigenvalue weighted by atomic mass is 9.97. The van der Waals surface area contributed by atoms with Crippen LogP contribution >= 0.6 is 0 Å². The van der Waals surface area contributed by atoms with Gasteiger partial charge in [-0.15, -0.1) is 0 Å². The SMILES string of the molecule is N=C1C(O)N(CC2CC2)c2ccc(=O)[nH]c2N1C(=N)C1(C2CC2)CC1. The van der Waals surface area contributed by atoms with Gasteiger partial charge in [0.2, 0.25) is 5.56 Å². The third kappa shape index (κ3) is 2.25. The van der Waals surface area contributed by atoms with Crippen LogP contribution in [0.25, 0.3) is 0 Å². The van der Waals surface area contributed by atoms with Crippen LogP contribution in [0.2, 0.25) is 0 Å². The van der Waals surface area contributed by atoms with E-state index in [-0.39, 0.29) is 16.8 Å². The molecule has 0 amide bonds. The highest BCUT2D eigenvalue weighted by molar-refractivity contribution is 6.23. The zero-order valence-electron chi connectivity index (χ0n) is 14.1. The number of aromatic amines is 1. The molecular formula is C18H23N5O2. The Kier molecular flexibility index (Phi) is 2.99. The van der Waals surface area contributed by atoms with Crippen molar-refractivity contribution in [3.8, 4) is 0 Å². The Bertz CT molecular complexity index is 819. The summed E-state index contributed by atoms with van der Waals surface area (Å²) in [5.41, 5.74) is 0.309. The number of aromatic nitrogens is 1. The molecule has 1 atom stereocenters. The first-order valence-corrected chi connectivity index (χ1v) is 9.17. The van der Waals surface area contributed by atoms with E-state index in [4.69, 9.17) is 10.8 Å². The molecule has 0 aromatic carbocycles. The van der Waals surface area contributed by atoms with Gasteiger partial charge >= 0.3 is 0 Å². The Morgan fingerprint density at radius 3 is 2.60 bits per heavy atom. The second-order valence-electron chi connectivity index (χ2n) is 8.03. The summed E-state index contributed by atoms with van der Waals surface area (Å²) >= 11 is 0. The molecule has 3 fully saturated rings. The average Bonchev–Trinajstić information content (AvgIpc) is 3.46. The molecule has 0 spiro atoms. The lowest BCUT2D eigenvalue weighted by Crippen LogP contribution is -2.57. The summed E-state index contributed by atoms with van der Waals surface area (Å²) in [4.78, 5) is 18.1. The van der Waals surface area contributed by atoms with E-state index in [1.165, 1.54) is 11.0 Å². The lowest BCUT2D eigenvalue weighted by molar-refractivity contribution is 0.228. The Morgan fingerprint density at radius 1 is 1.28 bits per heavy atom. The van der Waals surface area contributed by atoms with Crippen LogP contribution in [0.15, 0.2) is 16.9 Å². The molecule has 132 valence electrons. The molecule has 7 nitrogen and oxygen atoms in total. The number of pyridine rings is 1. The summed E-state index contributed by atoms with van der Waals surface area (Å²) in [6.07, 6.45) is 5.41. The first-order chi connectivity index (χ1) is 12.0. The van der Waals surface area contributed by atoms with E-state index in [0.717, 1.165) is 38.5 Å². The van der Waals surface area contributed by atoms with Gasteiger partial charge in [0, 0.05) is 18.0 Å². The lowest BCUT2D eigenvalue weighted by Gasteiger charge is -2.43. The second-order valence-corrected chi connectivity index (χ2v) is 8.03. The summed E-state index contributed by atoms with van der Waals surface area (Å²) in [5, 5.41) is 28.1. The standard InChI is InChI=1S/C18H23N5O2/c19-14-16(25)22(9-10-1-2-10)12-5-6-13(24)21-15(12)23(14)17(20)18(7-8-18)11-3-4-11/h5-6,10-11,16,19-20,25H,1-4,7-9H2,(H,21,24). The average molecular weight is 341 g/mol. The predicted octanol–water partition coefficient (Wildman–Crippen LogP) is 1.87. The predicted molar refractivity (Wildman–Crippen MR) is 95.5 cm³/mol. The van der Waals surface area contributed by atoms with Crippen molar-refractivity contribution < 1.29 is 5.11 Å². The van der Waals surface area contributed by atoms with Gasteiger partial charge in [-0.25, -0.2) is 0 Å². The third-order valence-corrected chi connectivity index (χ3v) is 6.19. The number of hydrogen-bond donors (Lipinski definition) is 4. The van der Waals surface area contributed by atoms with Gasteiger partial charge in [0.05, 0.1) is 5.69 Å². The monoisotopic (exact) mass is 341 g/mol. The van der Waals surface area contributed by atoms with Gasteiger partial charge in [0.1, 0.15) is 11.7 Å². The fraction of sp³-hybridized carbons (Fsp3) is 0.611. The van der Waals surface area contributed by atoms with E-state index >= 15 is 0 Å². The fourth-order valence-corrected chi connectivity index (χ4v) is 4.21. The summed E-state index contributed by atoms with van der Waals surface area (Å²) in [6, 6.07) is 3.17. The van der Waals surface area contributed by atoms with Crippen molar-refractivity contribution in [2.75, 3.05) is 16.3 Å². The molecule has 3 saturated carbocycles. The minimum absolute atomic E-state index is 0.0214. The maximum absolute atomic E-state index is 11.9. The van der Waals surface area contributed by atoms with E-state index in [1.54, 1.807) is 11.0 Å². The molecule has 1 aromatic rings. The minimum Gasteiger partial charge on any atom is -0.367 e. The van der Waals surface area contributed by atoms with Crippen molar-refractivity contribution in [2.45, 2.75) is 44.8 Å². The van der Waals surface area contributed by atoms with Gasteiger partial charge in [-0.2, -0.15) is 0 Å². The van der Waals surface area contributed by atoms with Crippen LogP contribution in [0.4, 0.5) is 11.5 Å². The molecule has 0 saturated heterocycles. The zero-order valence-corrected chi connectivity index (χ0v) is 14.1. The number of hydrogen-bond acceptors (Lipinski definition) is 5. The molecule has 5 rings (SSSR count). The molecule has 1 aromatic heterocycles. The highest BCUT2D eigenvalue weighted by atomic mass is 16.3. The first kappa shape index (κ1) is 15.1. The topological polar surface area (TPSA) is 107 Å². The quantitative estimate of drug-likeness (QED) is 0.495. The number of aliphatic hydroxyl groups is 1. The van der Waals surface area contributed by atoms with Gasteiger partial charge in [0.25, 0.3) is 0 Å². The Morgan fingerprint density at radius 2 is 2.00 bits per heavy atom. The maximum Gasteiger partial charge on any atom is 0.249 e. The molecule has 4 N–H and O–H groups in total. The van der Waals surface area contributed by atoms with Crippen LogP contribution in [0, 0.1) is 28.1 Å². The highest BCUT2D eigenvalue weighted by Crippen LogP contribution is 2.62. The van der Waals surface area contributed by atoms with Gasteiger partial charge in [0.15, 0.2) is 12.1 Å². The zero-order chi connectivity index (χ0) is 17.3. The van der Waals surface area contributed by atoms with Gasteiger partial charge in [-0.3, -0.25) is 20.5 Å². The molecule has 25 heavy (non-hydrogen) atoms. The smallest absolute Gasteiger partial charge is 0.249 e. The second kappa shape index (κ2) is 4.94. The van der Waals surface area contributed by atoms with Crippen LogP contribution in [-0.2, 0) is 0 Å². The molecular weight excluding hydrogens is 318 g/mol. The summed E-state index contributed by atoms with van der Waals surface area (Å²) in [5.74, 6) is 1.88. The van der Waals surface area contributed by atoms with Crippen molar-refractivity contribution in [1.29, 1.82) is 10.8 Å². The minimum atomic E-state index is -1.07. The highest BCUT2D eigenvalue weighted by Gasteiger charge is 2.59. The number of anilines is 2. The van der Waals surface area contributed by atoms with Crippen LogP contribution in [0.3, 0.4) is 0 Å². The Hall–Kier alpha value is -2.15. The van der Waals surface area contributed by atoms with Gasteiger partial charge in [-0.1, -0.05) is 0 Å². The van der Waals surface area contributed by atoms with Crippen molar-refractivity contribution in [2.24, 2.45) is 17.3 Å². The maximum atomic E-state index is 11.9. The van der Waals surface area contributed by atoms with E-state index in [2.05, 4.69) is 4.98 Å². The molecule has 0 radical (unpaired) electrons. The molecule has 1 aliphatic heterocycles. The van der Waals surface area contributed by atoms with Gasteiger partial charge < -0.3 is 15.0 Å². The van der Waals surface area contributed by atoms with Crippen molar-refractivity contribution in [3.05, 3.63) is 22.5 Å². The van der Waals surface area contributed by atoms with E-state index in [9.17, 15) is 9.90 Å². The summed E-state index contributed by atoms with van der Waals surface area (Å²) in [7, 11) is 0. The molecule has 2 heterocycles. The first-order valence-electron chi connectivity index (χ1n) is 9.17. The molecule has 4 aliphatic rings. The van der Waals surface area contributed by atoms with Crippen LogP contribution in [-0.4, -0.2) is 34.5 Å². The Balaban J connectivity index is 1.58. The van der Waals surface area contributed by atoms with Crippen molar-refractivity contribution in [1.82, 2.24) is 4.98 Å². The van der Waals surface area contributed by atoms with E-state index in [1.807, 2.05) is 0 Å². The van der Waals surface area contributed by atoms with Crippen LogP contribution < -0.4 is 15.4 Å². The van der Waals surface area contributed by atoms with Crippen LogP contribution in [0.1, 0.15) is 38.5 Å². The number of rotatable bonds is 4. The van der Waals surface area contributed by atoms with Crippen molar-refractivity contribution >= 4 is 23.2 Å². The Labute approximate surface area is 145 Å². The number of fused-ring (bicyclic) bond motifs is 1.